The van der Waals surface area contributed by atoms with Gasteiger partial charge in [0.1, 0.15) is 0 Å². The highest BCUT2D eigenvalue weighted by molar-refractivity contribution is 6.78. The van der Waals surface area contributed by atoms with Gasteiger partial charge in [-0.1, -0.05) is 37.7 Å². The van der Waals surface area contributed by atoms with E-state index >= 15 is 0 Å². The molecule has 0 amide bonds. The summed E-state index contributed by atoms with van der Waals surface area (Å²) in [6.07, 6.45) is 11.6. The van der Waals surface area contributed by atoms with E-state index in [0.717, 1.165) is 12.1 Å². The molecule has 2 unspecified atom stereocenters. The van der Waals surface area contributed by atoms with Gasteiger partial charge in [-0.2, -0.15) is 0 Å². The fraction of sp³-hybridized carbons (Fsp3) is 0.857. The maximum absolute atomic E-state index is 5.42. The van der Waals surface area contributed by atoms with Crippen molar-refractivity contribution in [3.8, 4) is 0 Å². The molecule has 1 nitrogen and oxygen atoms in total. The van der Waals surface area contributed by atoms with Crippen molar-refractivity contribution in [3.63, 3.8) is 0 Å². The van der Waals surface area contributed by atoms with Crippen molar-refractivity contribution in [1.82, 2.24) is 0 Å². The molecule has 0 aromatic rings. The molecule has 0 aromatic carbocycles. The molecule has 2 fully saturated rings. The van der Waals surface area contributed by atoms with Gasteiger partial charge in [0.25, 0.3) is 0 Å². The maximum atomic E-state index is 5.42. The van der Waals surface area contributed by atoms with Gasteiger partial charge < -0.3 is 4.74 Å². The van der Waals surface area contributed by atoms with Gasteiger partial charge in [-0.05, 0) is 37.6 Å². The Labute approximate surface area is 101 Å². The van der Waals surface area contributed by atoms with Crippen LogP contribution in [0.2, 0.25) is 25.2 Å². The largest absolute Gasteiger partial charge is 0.373 e. The molecule has 0 spiro atoms. The quantitative estimate of drug-likeness (QED) is 0.402. The first-order valence-corrected chi connectivity index (χ1v) is 10.4. The number of rotatable bonds is 4. The Hall–Kier alpha value is -0.0831. The number of allylic oxidation sites excluding steroid dienone is 2. The molecular formula is C14H26OSi. The summed E-state index contributed by atoms with van der Waals surface area (Å²) >= 11 is 0. The summed E-state index contributed by atoms with van der Waals surface area (Å²) in [7, 11) is -1.05. The predicted molar refractivity (Wildman–Crippen MR) is 72.6 cm³/mol. The van der Waals surface area contributed by atoms with E-state index in [1.54, 1.807) is 5.57 Å². The van der Waals surface area contributed by atoms with Crippen LogP contribution in [-0.4, -0.2) is 20.8 Å². The summed E-state index contributed by atoms with van der Waals surface area (Å²) in [4.78, 5) is 0. The smallest absolute Gasteiger partial charge is 0.0812 e. The summed E-state index contributed by atoms with van der Waals surface area (Å²) < 4.78 is 5.42. The van der Waals surface area contributed by atoms with Gasteiger partial charge in [0, 0.05) is 0 Å². The second-order valence-corrected chi connectivity index (χ2v) is 12.0. The Morgan fingerprint density at radius 3 is 2.38 bits per heavy atom. The summed E-state index contributed by atoms with van der Waals surface area (Å²) in [6, 6.07) is 0. The molecule has 2 rings (SSSR count). The van der Waals surface area contributed by atoms with Crippen LogP contribution in [0.25, 0.3) is 0 Å². The Morgan fingerprint density at radius 2 is 1.88 bits per heavy atom. The molecule has 2 atom stereocenters. The highest BCUT2D eigenvalue weighted by atomic mass is 28.3. The lowest BCUT2D eigenvalue weighted by Crippen LogP contribution is -2.28. The van der Waals surface area contributed by atoms with Crippen LogP contribution in [0.3, 0.4) is 0 Å². The molecule has 1 saturated heterocycles. The fourth-order valence-electron chi connectivity index (χ4n) is 2.62. The molecule has 1 aliphatic heterocycles. The Bertz CT molecular complexity index is 252. The first kappa shape index (κ1) is 12.4. The Kier molecular flexibility index (Phi) is 3.91. The first-order chi connectivity index (χ1) is 7.55. The molecule has 16 heavy (non-hydrogen) atoms. The van der Waals surface area contributed by atoms with Gasteiger partial charge in [-0.3, -0.25) is 0 Å². The fourth-order valence-corrected chi connectivity index (χ4v) is 4.32. The lowest BCUT2D eigenvalue weighted by Gasteiger charge is -2.28. The van der Waals surface area contributed by atoms with E-state index in [4.69, 9.17) is 4.74 Å². The third kappa shape index (κ3) is 3.74. The number of ether oxygens (including phenoxy) is 1. The van der Waals surface area contributed by atoms with Crippen molar-refractivity contribution in [2.45, 2.75) is 69.8 Å². The van der Waals surface area contributed by atoms with Gasteiger partial charge in [0.15, 0.2) is 0 Å². The van der Waals surface area contributed by atoms with E-state index < -0.39 is 8.07 Å². The zero-order valence-corrected chi connectivity index (χ0v) is 12.1. The Balaban J connectivity index is 1.99. The minimum absolute atomic E-state index is 0.595. The lowest BCUT2D eigenvalue weighted by atomic mass is 9.94. The van der Waals surface area contributed by atoms with Gasteiger partial charge in [-0.15, -0.1) is 0 Å². The molecular weight excluding hydrogens is 212 g/mol. The molecule has 0 N–H and O–H groups in total. The van der Waals surface area contributed by atoms with Crippen LogP contribution in [-0.2, 0) is 4.74 Å². The minimum atomic E-state index is -1.05. The SMILES string of the molecule is C[Si](C)(C)C(C=C1CCCCC1)CC1CO1. The van der Waals surface area contributed by atoms with Gasteiger partial charge in [0.2, 0.25) is 0 Å². The average molecular weight is 238 g/mol. The normalized spacial score (nSPS) is 27.7. The summed E-state index contributed by atoms with van der Waals surface area (Å²) in [5, 5.41) is 0. The molecule has 1 aliphatic carbocycles. The summed E-state index contributed by atoms with van der Waals surface area (Å²) in [5.41, 5.74) is 2.59. The van der Waals surface area contributed by atoms with Crippen molar-refractivity contribution < 1.29 is 4.74 Å². The van der Waals surface area contributed by atoms with Crippen LogP contribution >= 0.6 is 0 Å². The predicted octanol–water partition coefficient (Wildman–Crippen LogP) is 4.37. The number of hydrogen-bond acceptors (Lipinski definition) is 1. The molecule has 1 heterocycles. The molecule has 0 aromatic heterocycles. The summed E-state index contributed by atoms with van der Waals surface area (Å²) in [5.74, 6) is 0. The molecule has 1 saturated carbocycles. The lowest BCUT2D eigenvalue weighted by molar-refractivity contribution is 0.396. The van der Waals surface area contributed by atoms with Crippen molar-refractivity contribution >= 4 is 8.07 Å². The Morgan fingerprint density at radius 1 is 1.25 bits per heavy atom. The van der Waals surface area contributed by atoms with Crippen LogP contribution in [0.5, 0.6) is 0 Å². The van der Waals surface area contributed by atoms with E-state index in [1.807, 2.05) is 0 Å². The van der Waals surface area contributed by atoms with Gasteiger partial charge in [-0.25, -0.2) is 0 Å². The van der Waals surface area contributed by atoms with E-state index in [9.17, 15) is 0 Å². The van der Waals surface area contributed by atoms with Crippen molar-refractivity contribution in [2.24, 2.45) is 0 Å². The molecule has 2 heteroatoms. The van der Waals surface area contributed by atoms with Crippen LogP contribution in [0, 0.1) is 0 Å². The second kappa shape index (κ2) is 5.05. The van der Waals surface area contributed by atoms with Crippen LogP contribution in [0.15, 0.2) is 11.6 Å². The third-order valence-corrected chi connectivity index (χ3v) is 6.59. The number of hydrogen-bond donors (Lipinski definition) is 0. The zero-order chi connectivity index (χ0) is 11.6. The third-order valence-electron chi connectivity index (χ3n) is 3.96. The van der Waals surface area contributed by atoms with Crippen LogP contribution in [0.1, 0.15) is 38.5 Å². The van der Waals surface area contributed by atoms with E-state index in [2.05, 4.69) is 25.7 Å². The average Bonchev–Trinajstić information content (AvgIpc) is 3.01. The van der Waals surface area contributed by atoms with E-state index in [1.165, 1.54) is 38.5 Å². The monoisotopic (exact) mass is 238 g/mol. The molecule has 0 bridgehead atoms. The first-order valence-electron chi connectivity index (χ1n) is 6.87. The topological polar surface area (TPSA) is 12.5 Å². The van der Waals surface area contributed by atoms with Crippen molar-refractivity contribution in [2.75, 3.05) is 6.61 Å². The molecule has 92 valence electrons. The maximum Gasteiger partial charge on any atom is 0.0812 e. The van der Waals surface area contributed by atoms with Gasteiger partial charge in [0.05, 0.1) is 20.8 Å². The van der Waals surface area contributed by atoms with E-state index in [-0.39, 0.29) is 0 Å². The highest BCUT2D eigenvalue weighted by Crippen LogP contribution is 2.36. The van der Waals surface area contributed by atoms with Crippen molar-refractivity contribution in [3.05, 3.63) is 11.6 Å². The van der Waals surface area contributed by atoms with E-state index in [0.29, 0.717) is 6.10 Å². The van der Waals surface area contributed by atoms with Crippen LogP contribution < -0.4 is 0 Å². The van der Waals surface area contributed by atoms with Gasteiger partial charge >= 0.3 is 0 Å². The standard InChI is InChI=1S/C14H26OSi/c1-16(2,3)14(10-13-11-15-13)9-12-7-5-4-6-8-12/h9,13-14H,4-8,10-11H2,1-3H3. The van der Waals surface area contributed by atoms with Crippen LogP contribution in [0.4, 0.5) is 0 Å². The molecule has 0 radical (unpaired) electrons. The molecule has 2 aliphatic rings. The highest BCUT2D eigenvalue weighted by Gasteiger charge is 2.33. The zero-order valence-electron chi connectivity index (χ0n) is 11.1. The van der Waals surface area contributed by atoms with Crippen molar-refractivity contribution in [1.29, 1.82) is 0 Å². The minimum Gasteiger partial charge on any atom is -0.373 e. The summed E-state index contributed by atoms with van der Waals surface area (Å²) in [6.45, 7) is 8.52. The number of epoxide rings is 1. The second-order valence-electron chi connectivity index (χ2n) is 6.55.